The SMILES string of the molecule is CCNC(CSc1nccn1C)C1CCCCC1. The van der Waals surface area contributed by atoms with Gasteiger partial charge in [0.2, 0.25) is 0 Å². The van der Waals surface area contributed by atoms with Gasteiger partial charge in [-0.25, -0.2) is 4.98 Å². The van der Waals surface area contributed by atoms with Gasteiger partial charge in [-0.3, -0.25) is 0 Å². The average molecular weight is 267 g/mol. The molecule has 1 saturated carbocycles. The first-order valence-corrected chi connectivity index (χ1v) is 8.13. The molecular formula is C14H25N3S. The Bertz CT molecular complexity index is 345. The van der Waals surface area contributed by atoms with Crippen LogP contribution < -0.4 is 5.32 Å². The summed E-state index contributed by atoms with van der Waals surface area (Å²) in [6.45, 7) is 3.28. The quantitative estimate of drug-likeness (QED) is 0.803. The van der Waals surface area contributed by atoms with Gasteiger partial charge in [-0.15, -0.1) is 0 Å². The highest BCUT2D eigenvalue weighted by molar-refractivity contribution is 7.99. The van der Waals surface area contributed by atoms with Crippen molar-refractivity contribution in [3.63, 3.8) is 0 Å². The molecule has 0 spiro atoms. The van der Waals surface area contributed by atoms with Crippen molar-refractivity contribution in [3.05, 3.63) is 12.4 Å². The molecule has 2 rings (SSSR count). The van der Waals surface area contributed by atoms with E-state index in [1.165, 1.54) is 32.1 Å². The summed E-state index contributed by atoms with van der Waals surface area (Å²) in [5, 5.41) is 4.81. The van der Waals surface area contributed by atoms with Crippen LogP contribution in [0.25, 0.3) is 0 Å². The summed E-state index contributed by atoms with van der Waals surface area (Å²) in [7, 11) is 2.07. The van der Waals surface area contributed by atoms with Gasteiger partial charge < -0.3 is 9.88 Å². The third-order valence-electron chi connectivity index (χ3n) is 3.85. The van der Waals surface area contributed by atoms with E-state index in [4.69, 9.17) is 0 Å². The lowest BCUT2D eigenvalue weighted by Crippen LogP contribution is -2.39. The van der Waals surface area contributed by atoms with Gasteiger partial charge in [0.05, 0.1) is 0 Å². The van der Waals surface area contributed by atoms with E-state index in [1.807, 2.05) is 24.2 Å². The highest BCUT2D eigenvalue weighted by atomic mass is 32.2. The lowest BCUT2D eigenvalue weighted by molar-refractivity contribution is 0.288. The summed E-state index contributed by atoms with van der Waals surface area (Å²) in [5.74, 6) is 2.01. The van der Waals surface area contributed by atoms with Gasteiger partial charge in [0, 0.05) is 31.2 Å². The molecule has 3 nitrogen and oxygen atoms in total. The molecule has 1 N–H and O–H groups in total. The lowest BCUT2D eigenvalue weighted by atomic mass is 9.84. The Morgan fingerprint density at radius 2 is 2.22 bits per heavy atom. The van der Waals surface area contributed by atoms with E-state index in [0.717, 1.165) is 23.4 Å². The molecule has 0 saturated heterocycles. The predicted octanol–water partition coefficient (Wildman–Crippen LogP) is 3.07. The second kappa shape index (κ2) is 7.19. The van der Waals surface area contributed by atoms with Gasteiger partial charge >= 0.3 is 0 Å². The Labute approximate surface area is 115 Å². The number of nitrogens with one attached hydrogen (secondary N) is 1. The molecule has 0 radical (unpaired) electrons. The molecule has 1 aliphatic rings. The van der Waals surface area contributed by atoms with Crippen molar-refractivity contribution in [1.29, 1.82) is 0 Å². The molecule has 1 unspecified atom stereocenters. The van der Waals surface area contributed by atoms with E-state index in [2.05, 4.69) is 28.8 Å². The zero-order valence-corrected chi connectivity index (χ0v) is 12.4. The summed E-state index contributed by atoms with van der Waals surface area (Å²) in [6, 6.07) is 0.650. The molecule has 0 aliphatic heterocycles. The number of aromatic nitrogens is 2. The van der Waals surface area contributed by atoms with Crippen LogP contribution in [0.15, 0.2) is 17.6 Å². The van der Waals surface area contributed by atoms with Gasteiger partial charge in [-0.1, -0.05) is 37.9 Å². The van der Waals surface area contributed by atoms with Crippen LogP contribution in [0.1, 0.15) is 39.0 Å². The molecule has 0 aromatic carbocycles. The maximum atomic E-state index is 4.39. The van der Waals surface area contributed by atoms with Gasteiger partial charge in [0.25, 0.3) is 0 Å². The van der Waals surface area contributed by atoms with E-state index in [0.29, 0.717) is 6.04 Å². The molecule has 1 aliphatic carbocycles. The molecular weight excluding hydrogens is 242 g/mol. The van der Waals surface area contributed by atoms with E-state index in [9.17, 15) is 0 Å². The number of hydrogen-bond acceptors (Lipinski definition) is 3. The Hall–Kier alpha value is -0.480. The van der Waals surface area contributed by atoms with Crippen LogP contribution in [0.5, 0.6) is 0 Å². The molecule has 102 valence electrons. The van der Waals surface area contributed by atoms with Crippen molar-refractivity contribution >= 4 is 11.8 Å². The van der Waals surface area contributed by atoms with Crippen LogP contribution in [0.2, 0.25) is 0 Å². The summed E-state index contributed by atoms with van der Waals surface area (Å²) < 4.78 is 2.11. The van der Waals surface area contributed by atoms with Crippen LogP contribution in [0.4, 0.5) is 0 Å². The summed E-state index contributed by atoms with van der Waals surface area (Å²) in [5.41, 5.74) is 0. The highest BCUT2D eigenvalue weighted by Gasteiger charge is 2.23. The first-order chi connectivity index (χ1) is 8.81. The minimum Gasteiger partial charge on any atom is -0.329 e. The zero-order valence-electron chi connectivity index (χ0n) is 11.6. The second-order valence-corrected chi connectivity index (χ2v) is 6.18. The zero-order chi connectivity index (χ0) is 12.8. The van der Waals surface area contributed by atoms with Gasteiger partial charge in [-0.2, -0.15) is 0 Å². The molecule has 1 fully saturated rings. The minimum absolute atomic E-state index is 0.650. The molecule has 4 heteroatoms. The Kier molecular flexibility index (Phi) is 5.57. The predicted molar refractivity (Wildman–Crippen MR) is 78.0 cm³/mol. The Morgan fingerprint density at radius 1 is 1.44 bits per heavy atom. The van der Waals surface area contributed by atoms with Crippen molar-refractivity contribution < 1.29 is 0 Å². The second-order valence-electron chi connectivity index (χ2n) is 5.19. The Balaban J connectivity index is 1.87. The standard InChI is InChI=1S/C14H25N3S/c1-3-15-13(12-7-5-4-6-8-12)11-18-14-16-9-10-17(14)2/h9-10,12-13,15H,3-8,11H2,1-2H3. The van der Waals surface area contributed by atoms with Crippen molar-refractivity contribution in [2.45, 2.75) is 50.2 Å². The monoisotopic (exact) mass is 267 g/mol. The van der Waals surface area contributed by atoms with E-state index in [-0.39, 0.29) is 0 Å². The van der Waals surface area contributed by atoms with E-state index >= 15 is 0 Å². The van der Waals surface area contributed by atoms with Gasteiger partial charge in [0.1, 0.15) is 0 Å². The number of hydrogen-bond donors (Lipinski definition) is 1. The van der Waals surface area contributed by atoms with Crippen molar-refractivity contribution in [1.82, 2.24) is 14.9 Å². The number of imidazole rings is 1. The molecule has 1 heterocycles. The summed E-state index contributed by atoms with van der Waals surface area (Å²) in [4.78, 5) is 4.39. The van der Waals surface area contributed by atoms with Crippen LogP contribution >= 0.6 is 11.8 Å². The largest absolute Gasteiger partial charge is 0.329 e. The van der Waals surface area contributed by atoms with E-state index < -0.39 is 0 Å². The average Bonchev–Trinajstić information content (AvgIpc) is 2.81. The molecule has 18 heavy (non-hydrogen) atoms. The summed E-state index contributed by atoms with van der Waals surface area (Å²) >= 11 is 1.88. The van der Waals surface area contributed by atoms with Crippen molar-refractivity contribution in [3.8, 4) is 0 Å². The first kappa shape index (κ1) is 13.9. The molecule has 0 amide bonds. The first-order valence-electron chi connectivity index (χ1n) is 7.14. The smallest absolute Gasteiger partial charge is 0.167 e. The minimum atomic E-state index is 0.650. The third kappa shape index (κ3) is 3.75. The lowest BCUT2D eigenvalue weighted by Gasteiger charge is -2.30. The maximum Gasteiger partial charge on any atom is 0.167 e. The van der Waals surface area contributed by atoms with Crippen LogP contribution in [0, 0.1) is 5.92 Å². The molecule has 1 atom stereocenters. The normalized spacial score (nSPS) is 19.0. The number of aryl methyl sites for hydroxylation is 1. The Morgan fingerprint density at radius 3 is 2.83 bits per heavy atom. The van der Waals surface area contributed by atoms with Crippen molar-refractivity contribution in [2.75, 3.05) is 12.3 Å². The fraction of sp³-hybridized carbons (Fsp3) is 0.786. The maximum absolute atomic E-state index is 4.39. The van der Waals surface area contributed by atoms with Gasteiger partial charge in [0.15, 0.2) is 5.16 Å². The van der Waals surface area contributed by atoms with Crippen LogP contribution in [-0.2, 0) is 7.05 Å². The molecule has 1 aromatic heterocycles. The topological polar surface area (TPSA) is 29.9 Å². The molecule has 0 bridgehead atoms. The number of thioether (sulfide) groups is 1. The number of rotatable bonds is 6. The number of nitrogens with zero attached hydrogens (tertiary/aromatic N) is 2. The fourth-order valence-corrected chi connectivity index (χ4v) is 3.93. The fourth-order valence-electron chi connectivity index (χ4n) is 2.82. The van der Waals surface area contributed by atoms with Crippen molar-refractivity contribution in [2.24, 2.45) is 13.0 Å². The molecule has 1 aromatic rings. The third-order valence-corrected chi connectivity index (χ3v) is 5.03. The van der Waals surface area contributed by atoms with Crippen LogP contribution in [0.3, 0.4) is 0 Å². The van der Waals surface area contributed by atoms with Gasteiger partial charge in [-0.05, 0) is 25.3 Å². The summed E-state index contributed by atoms with van der Waals surface area (Å²) in [6.07, 6.45) is 11.0. The van der Waals surface area contributed by atoms with Crippen LogP contribution in [-0.4, -0.2) is 27.9 Å². The highest BCUT2D eigenvalue weighted by Crippen LogP contribution is 2.29. The van der Waals surface area contributed by atoms with E-state index in [1.54, 1.807) is 0 Å².